The molecular weight excluding hydrogens is 351 g/mol. The Kier molecular flexibility index (Phi) is 4.30. The first-order valence-electron chi connectivity index (χ1n) is 8.28. The van der Waals surface area contributed by atoms with Crippen molar-refractivity contribution in [2.75, 3.05) is 11.6 Å². The highest BCUT2D eigenvalue weighted by molar-refractivity contribution is 5.79. The summed E-state index contributed by atoms with van der Waals surface area (Å²) in [5, 5.41) is 10.6. The van der Waals surface area contributed by atoms with E-state index in [4.69, 9.17) is 10.3 Å². The van der Waals surface area contributed by atoms with Crippen molar-refractivity contribution in [1.82, 2.24) is 19.4 Å². The van der Waals surface area contributed by atoms with Crippen LogP contribution in [0.25, 0.3) is 28.5 Å². The number of halogens is 1. The molecule has 0 spiro atoms. The topological polar surface area (TPSA) is 106 Å². The van der Waals surface area contributed by atoms with E-state index in [-0.39, 0.29) is 24.4 Å². The van der Waals surface area contributed by atoms with Gasteiger partial charge < -0.3 is 9.52 Å². The van der Waals surface area contributed by atoms with Crippen LogP contribution >= 0.6 is 0 Å². The molecule has 0 saturated carbocycles. The molecule has 0 radical (unpaired) electrons. The lowest BCUT2D eigenvalue weighted by Gasteiger charge is -2.22. The number of aromatic nitrogens is 4. The largest absolute Gasteiger partial charge is 0.432 e. The number of hydrogen-bond donors (Lipinski definition) is 2. The minimum absolute atomic E-state index is 0.135. The first-order valence-corrected chi connectivity index (χ1v) is 8.28. The maximum atomic E-state index is 13.3. The van der Waals surface area contributed by atoms with Crippen molar-refractivity contribution < 1.29 is 13.9 Å². The molecule has 4 aromatic rings. The molecule has 0 amide bonds. The second kappa shape index (κ2) is 6.78. The molecule has 3 aromatic heterocycles. The summed E-state index contributed by atoms with van der Waals surface area (Å²) in [5.41, 5.74) is 2.55. The van der Waals surface area contributed by atoms with Crippen molar-refractivity contribution in [3.8, 4) is 22.6 Å². The highest BCUT2D eigenvalue weighted by atomic mass is 19.1. The molecule has 0 unspecified atom stereocenters. The number of rotatable bonds is 5. The molecule has 9 heteroatoms. The molecule has 0 fully saturated rings. The summed E-state index contributed by atoms with van der Waals surface area (Å²) in [4.78, 5) is 13.2. The molecule has 3 heterocycles. The maximum absolute atomic E-state index is 13.3. The summed E-state index contributed by atoms with van der Waals surface area (Å²) in [6, 6.07) is 7.41. The molecule has 0 bridgehead atoms. The van der Waals surface area contributed by atoms with Gasteiger partial charge in [0.05, 0.1) is 18.3 Å². The van der Waals surface area contributed by atoms with Crippen LogP contribution in [0.15, 0.2) is 53.4 Å². The van der Waals surface area contributed by atoms with Gasteiger partial charge >= 0.3 is 5.84 Å². The van der Waals surface area contributed by atoms with Gasteiger partial charge in [-0.3, -0.25) is 9.41 Å². The van der Waals surface area contributed by atoms with Crippen molar-refractivity contribution in [3.05, 3.63) is 54.8 Å². The van der Waals surface area contributed by atoms with Crippen molar-refractivity contribution in [2.45, 2.75) is 13.0 Å². The average Bonchev–Trinajstić information content (AvgIpc) is 3.28. The predicted octanol–water partition coefficient (Wildman–Crippen LogP) is 2.25. The van der Waals surface area contributed by atoms with Crippen LogP contribution in [0.1, 0.15) is 6.92 Å². The molecule has 1 atom stereocenters. The molecule has 0 aliphatic rings. The molecule has 4 rings (SSSR count). The number of fused-ring (bicyclic) bond motifs is 1. The fourth-order valence-electron chi connectivity index (χ4n) is 2.73. The van der Waals surface area contributed by atoms with Gasteiger partial charge in [-0.05, 0) is 37.3 Å². The second-order valence-corrected chi connectivity index (χ2v) is 6.05. The molecule has 138 valence electrons. The number of anilines is 1. The van der Waals surface area contributed by atoms with Crippen LogP contribution in [0.3, 0.4) is 0 Å². The second-order valence-electron chi connectivity index (χ2n) is 6.05. The molecule has 0 saturated heterocycles. The lowest BCUT2D eigenvalue weighted by molar-refractivity contribution is 0.266. The van der Waals surface area contributed by atoms with Gasteiger partial charge in [0, 0.05) is 18.0 Å². The van der Waals surface area contributed by atoms with E-state index in [0.29, 0.717) is 22.9 Å². The van der Waals surface area contributed by atoms with Crippen molar-refractivity contribution in [1.29, 1.82) is 0 Å². The van der Waals surface area contributed by atoms with E-state index in [9.17, 15) is 9.50 Å². The highest BCUT2D eigenvalue weighted by Gasteiger charge is 2.21. The summed E-state index contributed by atoms with van der Waals surface area (Å²) >= 11 is 0. The van der Waals surface area contributed by atoms with Crippen LogP contribution in [0, 0.1) is 5.82 Å². The summed E-state index contributed by atoms with van der Waals surface area (Å²) in [6.45, 7) is 1.62. The van der Waals surface area contributed by atoms with Gasteiger partial charge in [0.25, 0.3) is 0 Å². The van der Waals surface area contributed by atoms with Gasteiger partial charge in [-0.25, -0.2) is 20.2 Å². The van der Waals surface area contributed by atoms with Crippen LogP contribution in [0.4, 0.5) is 10.3 Å². The van der Waals surface area contributed by atoms with E-state index < -0.39 is 0 Å². The fourth-order valence-corrected chi connectivity index (χ4v) is 2.73. The lowest BCUT2D eigenvalue weighted by Crippen LogP contribution is -2.42. The minimum atomic E-state index is -0.351. The Morgan fingerprint density at radius 2 is 2.04 bits per heavy atom. The number of oxazole rings is 1. The summed E-state index contributed by atoms with van der Waals surface area (Å²) in [6.07, 6.45) is 4.82. The predicted molar refractivity (Wildman–Crippen MR) is 97.1 cm³/mol. The first kappa shape index (κ1) is 17.1. The zero-order valence-corrected chi connectivity index (χ0v) is 14.5. The van der Waals surface area contributed by atoms with Crippen LogP contribution in [-0.2, 0) is 0 Å². The van der Waals surface area contributed by atoms with E-state index >= 15 is 0 Å². The SMILES string of the molecule is C[C@@H](CO)N(N)c1nccc(-c2c(-c3ccc(F)cc3)nc3occn23)n1. The maximum Gasteiger partial charge on any atom is 0.306 e. The van der Waals surface area contributed by atoms with Crippen LogP contribution in [0.2, 0.25) is 0 Å². The zero-order valence-electron chi connectivity index (χ0n) is 14.5. The standard InChI is InChI=1S/C18H17FN6O2/c1-11(10-26)25(20)17-21-7-6-14(22-17)16-15(12-2-4-13(19)5-3-12)23-18-24(16)8-9-27-18/h2-9,11,26H,10,20H2,1H3/t11-/m0/s1. The zero-order chi connectivity index (χ0) is 19.0. The van der Waals surface area contributed by atoms with E-state index in [2.05, 4.69) is 15.0 Å². The van der Waals surface area contributed by atoms with E-state index in [1.165, 1.54) is 23.4 Å². The van der Waals surface area contributed by atoms with Crippen molar-refractivity contribution >= 4 is 11.8 Å². The molecular formula is C18H17FN6O2. The van der Waals surface area contributed by atoms with Crippen LogP contribution in [-0.4, -0.2) is 37.1 Å². The Hall–Kier alpha value is -3.30. The number of aliphatic hydroxyl groups excluding tert-OH is 1. The summed E-state index contributed by atoms with van der Waals surface area (Å²) in [5.74, 6) is 6.31. The quantitative estimate of drug-likeness (QED) is 0.411. The number of hydrazine groups is 1. The van der Waals surface area contributed by atoms with Gasteiger partial charge in [-0.2, -0.15) is 4.98 Å². The molecule has 0 aliphatic carbocycles. The van der Waals surface area contributed by atoms with Crippen LogP contribution in [0.5, 0.6) is 0 Å². The molecule has 3 N–H and O–H groups in total. The number of nitrogens with zero attached hydrogens (tertiary/aromatic N) is 5. The van der Waals surface area contributed by atoms with Gasteiger partial charge in [0.15, 0.2) is 0 Å². The van der Waals surface area contributed by atoms with E-state index in [1.807, 2.05) is 0 Å². The monoisotopic (exact) mass is 368 g/mol. The molecule has 1 aromatic carbocycles. The summed E-state index contributed by atoms with van der Waals surface area (Å²) in [7, 11) is 0. The normalized spacial score (nSPS) is 12.4. The number of benzene rings is 1. The first-order chi connectivity index (χ1) is 13.1. The fraction of sp³-hybridized carbons (Fsp3) is 0.167. The average molecular weight is 368 g/mol. The van der Waals surface area contributed by atoms with Crippen molar-refractivity contribution in [3.63, 3.8) is 0 Å². The van der Waals surface area contributed by atoms with E-state index in [1.54, 1.807) is 41.9 Å². The van der Waals surface area contributed by atoms with Crippen LogP contribution < -0.4 is 10.9 Å². The molecule has 8 nitrogen and oxygen atoms in total. The number of aliphatic hydroxyl groups is 1. The number of hydrogen-bond acceptors (Lipinski definition) is 7. The minimum Gasteiger partial charge on any atom is -0.432 e. The van der Waals surface area contributed by atoms with Crippen molar-refractivity contribution in [2.24, 2.45) is 5.84 Å². The van der Waals surface area contributed by atoms with Gasteiger partial charge in [-0.15, -0.1) is 0 Å². The third-order valence-corrected chi connectivity index (χ3v) is 4.24. The number of imidazole rings is 1. The Morgan fingerprint density at radius 3 is 2.78 bits per heavy atom. The smallest absolute Gasteiger partial charge is 0.306 e. The third kappa shape index (κ3) is 3.03. The Bertz CT molecular complexity index is 1080. The Balaban J connectivity index is 1.87. The van der Waals surface area contributed by atoms with Gasteiger partial charge in [0.1, 0.15) is 23.5 Å². The van der Waals surface area contributed by atoms with Gasteiger partial charge in [-0.1, -0.05) is 0 Å². The summed E-state index contributed by atoms with van der Waals surface area (Å²) < 4.78 is 20.5. The molecule has 0 aliphatic heterocycles. The Labute approximate surface area is 153 Å². The highest BCUT2D eigenvalue weighted by Crippen LogP contribution is 2.32. The third-order valence-electron chi connectivity index (χ3n) is 4.24. The molecule has 27 heavy (non-hydrogen) atoms. The van der Waals surface area contributed by atoms with E-state index in [0.717, 1.165) is 5.56 Å². The Morgan fingerprint density at radius 1 is 1.26 bits per heavy atom. The van der Waals surface area contributed by atoms with Gasteiger partial charge in [0.2, 0.25) is 5.95 Å². The lowest BCUT2D eigenvalue weighted by atomic mass is 10.1. The number of nitrogens with two attached hydrogens (primary N) is 1.